The van der Waals surface area contributed by atoms with Crippen LogP contribution in [0.2, 0.25) is 0 Å². The average molecular weight is 324 g/mol. The van der Waals surface area contributed by atoms with Crippen LogP contribution in [0.3, 0.4) is 0 Å². The molecule has 0 saturated heterocycles. The summed E-state index contributed by atoms with van der Waals surface area (Å²) in [5, 5.41) is 6.11. The largest absolute Gasteiger partial charge is 0.464 e. The van der Waals surface area contributed by atoms with Gasteiger partial charge >= 0.3 is 0 Å². The lowest BCUT2D eigenvalue weighted by atomic mass is 10.2. The number of thiazole rings is 1. The Bertz CT molecular complexity index is 592. The molecule has 0 bridgehead atoms. The lowest BCUT2D eigenvalue weighted by Gasteiger charge is -2.11. The molecule has 0 spiro atoms. The molecule has 2 aromatic heterocycles. The molecule has 0 fully saturated rings. The summed E-state index contributed by atoms with van der Waals surface area (Å²) >= 11 is 3.40. The van der Waals surface area contributed by atoms with Crippen molar-refractivity contribution < 1.29 is 9.21 Å². The molecule has 0 aromatic carbocycles. The summed E-state index contributed by atoms with van der Waals surface area (Å²) in [6.07, 6.45) is 0.512. The van der Waals surface area contributed by atoms with E-state index in [9.17, 15) is 4.79 Å². The number of nitrogens with zero attached hydrogens (tertiary/aromatic N) is 1. The highest BCUT2D eigenvalue weighted by Gasteiger charge is 2.12. The normalized spacial score (nSPS) is 12.3. The summed E-state index contributed by atoms with van der Waals surface area (Å²) in [6.45, 7) is 5.83. The smallest absolute Gasteiger partial charge is 0.221 e. The predicted molar refractivity (Wildman–Crippen MR) is 87.6 cm³/mol. The van der Waals surface area contributed by atoms with Crippen LogP contribution in [-0.4, -0.2) is 16.6 Å². The molecule has 2 rings (SSSR count). The molecule has 0 saturated carbocycles. The van der Waals surface area contributed by atoms with Crippen molar-refractivity contribution in [2.24, 2.45) is 0 Å². The van der Waals surface area contributed by atoms with Crippen LogP contribution < -0.4 is 5.32 Å². The summed E-state index contributed by atoms with van der Waals surface area (Å²) < 4.78 is 5.50. The summed E-state index contributed by atoms with van der Waals surface area (Å²) in [4.78, 5) is 16.3. The van der Waals surface area contributed by atoms with Crippen LogP contribution in [0.4, 0.5) is 0 Å². The zero-order chi connectivity index (χ0) is 15.2. The Balaban J connectivity index is 1.65. The fraction of sp³-hybridized carbons (Fsp3) is 0.467. The lowest BCUT2D eigenvalue weighted by molar-refractivity contribution is -0.121. The minimum Gasteiger partial charge on any atom is -0.464 e. The number of carbonyl (C=O) groups is 1. The van der Waals surface area contributed by atoms with Gasteiger partial charge in [0.25, 0.3) is 0 Å². The molecule has 1 N–H and O–H groups in total. The van der Waals surface area contributed by atoms with E-state index in [1.165, 1.54) is 0 Å². The zero-order valence-corrected chi connectivity index (χ0v) is 14.1. The van der Waals surface area contributed by atoms with Crippen LogP contribution in [-0.2, 0) is 10.5 Å². The highest BCUT2D eigenvalue weighted by molar-refractivity contribution is 7.98. The van der Waals surface area contributed by atoms with Gasteiger partial charge in [-0.05, 0) is 32.9 Å². The molecule has 2 aromatic rings. The van der Waals surface area contributed by atoms with E-state index in [4.69, 9.17) is 4.42 Å². The quantitative estimate of drug-likeness (QED) is 0.786. The van der Waals surface area contributed by atoms with Crippen LogP contribution in [0.25, 0.3) is 0 Å². The number of aromatic nitrogens is 1. The second-order valence-corrected chi connectivity index (χ2v) is 7.07. The number of nitrogens with one attached hydrogen (secondary N) is 1. The monoisotopic (exact) mass is 324 g/mol. The minimum atomic E-state index is -0.0857. The van der Waals surface area contributed by atoms with Crippen LogP contribution in [0.5, 0.6) is 0 Å². The van der Waals surface area contributed by atoms with Gasteiger partial charge in [0.2, 0.25) is 5.91 Å². The van der Waals surface area contributed by atoms with E-state index >= 15 is 0 Å². The first-order valence-corrected chi connectivity index (χ1v) is 8.92. The number of carbonyl (C=O) groups excluding carboxylic acids is 1. The average Bonchev–Trinajstić information content (AvgIpc) is 3.03. The van der Waals surface area contributed by atoms with E-state index in [0.29, 0.717) is 6.42 Å². The Morgan fingerprint density at radius 1 is 1.48 bits per heavy atom. The maximum Gasteiger partial charge on any atom is 0.221 e. The maximum atomic E-state index is 11.9. The molecule has 1 unspecified atom stereocenters. The highest BCUT2D eigenvalue weighted by atomic mass is 32.2. The minimum absolute atomic E-state index is 0.0542. The fourth-order valence-electron chi connectivity index (χ4n) is 1.89. The SMILES string of the molecule is Cc1ccc(C(C)NC(=O)CCSCc2csc(C)n2)o1. The van der Waals surface area contributed by atoms with Gasteiger partial charge in [0.15, 0.2) is 0 Å². The van der Waals surface area contributed by atoms with Crippen LogP contribution in [0, 0.1) is 13.8 Å². The summed E-state index contributed by atoms with van der Waals surface area (Å²) in [5.41, 5.74) is 1.10. The summed E-state index contributed by atoms with van der Waals surface area (Å²) in [6, 6.07) is 3.72. The van der Waals surface area contributed by atoms with Crippen molar-refractivity contribution in [1.82, 2.24) is 10.3 Å². The van der Waals surface area contributed by atoms with Gasteiger partial charge in [-0.1, -0.05) is 0 Å². The molecule has 21 heavy (non-hydrogen) atoms. The van der Waals surface area contributed by atoms with Crippen molar-refractivity contribution in [1.29, 1.82) is 0 Å². The predicted octanol–water partition coefficient (Wildman–Crippen LogP) is 3.85. The molecule has 0 aliphatic rings. The molecule has 0 radical (unpaired) electrons. The summed E-state index contributed by atoms with van der Waals surface area (Å²) in [7, 11) is 0. The van der Waals surface area contributed by atoms with Gasteiger partial charge in [-0.2, -0.15) is 11.8 Å². The van der Waals surface area contributed by atoms with Gasteiger partial charge in [-0.15, -0.1) is 11.3 Å². The van der Waals surface area contributed by atoms with Gasteiger partial charge in [0.05, 0.1) is 16.7 Å². The Morgan fingerprint density at radius 2 is 2.29 bits per heavy atom. The highest BCUT2D eigenvalue weighted by Crippen LogP contribution is 2.17. The molecule has 0 aliphatic carbocycles. The number of thioether (sulfide) groups is 1. The zero-order valence-electron chi connectivity index (χ0n) is 12.5. The van der Waals surface area contributed by atoms with Gasteiger partial charge in [0.1, 0.15) is 11.5 Å². The first-order valence-electron chi connectivity index (χ1n) is 6.89. The first kappa shape index (κ1) is 16.1. The molecule has 114 valence electrons. The van der Waals surface area contributed by atoms with Crippen molar-refractivity contribution >= 4 is 29.0 Å². The van der Waals surface area contributed by atoms with Crippen molar-refractivity contribution in [3.63, 3.8) is 0 Å². The Kier molecular flexibility index (Phi) is 5.87. The van der Waals surface area contributed by atoms with Crippen molar-refractivity contribution in [2.75, 3.05) is 5.75 Å². The van der Waals surface area contributed by atoms with Crippen molar-refractivity contribution in [2.45, 2.75) is 39.0 Å². The Morgan fingerprint density at radius 3 is 2.90 bits per heavy atom. The number of furan rings is 1. The molecular formula is C15H20N2O2S2. The Hall–Kier alpha value is -1.27. The topological polar surface area (TPSA) is 55.1 Å². The third-order valence-electron chi connectivity index (χ3n) is 2.96. The third-order valence-corrected chi connectivity index (χ3v) is 4.77. The number of amides is 1. The van der Waals surface area contributed by atoms with Crippen molar-refractivity contribution in [3.8, 4) is 0 Å². The summed E-state index contributed by atoms with van der Waals surface area (Å²) in [5.74, 6) is 3.38. The van der Waals surface area contributed by atoms with Gasteiger partial charge in [-0.3, -0.25) is 4.79 Å². The second-order valence-electron chi connectivity index (χ2n) is 4.90. The molecule has 1 atom stereocenters. The van der Waals surface area contributed by atoms with E-state index in [-0.39, 0.29) is 11.9 Å². The molecule has 2 heterocycles. The van der Waals surface area contributed by atoms with Gasteiger partial charge < -0.3 is 9.73 Å². The standard InChI is InChI=1S/C15H20N2O2S2/c1-10-4-5-14(19-10)11(2)16-15(18)6-7-20-8-13-9-21-12(3)17-13/h4-5,9,11H,6-8H2,1-3H3,(H,16,18). The number of rotatable bonds is 7. The fourth-order valence-corrected chi connectivity index (χ4v) is 3.44. The molecule has 6 heteroatoms. The molecular weight excluding hydrogens is 304 g/mol. The van der Waals surface area contributed by atoms with E-state index in [0.717, 1.165) is 33.7 Å². The molecule has 0 aliphatic heterocycles. The number of aryl methyl sites for hydroxylation is 2. The number of hydrogen-bond donors (Lipinski definition) is 1. The van der Waals surface area contributed by atoms with Crippen molar-refractivity contribution in [3.05, 3.63) is 39.7 Å². The number of hydrogen-bond acceptors (Lipinski definition) is 5. The third kappa shape index (κ3) is 5.21. The van der Waals surface area contributed by atoms with E-state index in [1.54, 1.807) is 23.1 Å². The van der Waals surface area contributed by atoms with E-state index in [2.05, 4.69) is 15.7 Å². The molecule has 1 amide bonds. The lowest BCUT2D eigenvalue weighted by Crippen LogP contribution is -2.26. The van der Waals surface area contributed by atoms with Crippen LogP contribution in [0.15, 0.2) is 21.9 Å². The second kappa shape index (κ2) is 7.66. The van der Waals surface area contributed by atoms with E-state index in [1.807, 2.05) is 32.9 Å². The maximum absolute atomic E-state index is 11.9. The van der Waals surface area contributed by atoms with Crippen LogP contribution in [0.1, 0.15) is 41.6 Å². The Labute approximate surface area is 133 Å². The first-order chi connectivity index (χ1) is 10.0. The van der Waals surface area contributed by atoms with Gasteiger partial charge in [-0.25, -0.2) is 4.98 Å². The van der Waals surface area contributed by atoms with Crippen LogP contribution >= 0.6 is 23.1 Å². The van der Waals surface area contributed by atoms with Gasteiger partial charge in [0, 0.05) is 23.3 Å². The van der Waals surface area contributed by atoms with E-state index < -0.39 is 0 Å². The molecule has 4 nitrogen and oxygen atoms in total.